The summed E-state index contributed by atoms with van der Waals surface area (Å²) in [6.45, 7) is 9.61. The van der Waals surface area contributed by atoms with Crippen LogP contribution in [0, 0.1) is 13.8 Å². The van der Waals surface area contributed by atoms with Crippen molar-refractivity contribution in [1.82, 2.24) is 5.32 Å². The first-order valence-corrected chi connectivity index (χ1v) is 6.22. The normalized spacial score (nSPS) is 11.4. The van der Waals surface area contributed by atoms with Gasteiger partial charge >= 0.3 is 0 Å². The molecule has 0 bridgehead atoms. The van der Waals surface area contributed by atoms with E-state index in [0.29, 0.717) is 6.54 Å². The molecule has 0 atom stereocenters. The summed E-state index contributed by atoms with van der Waals surface area (Å²) in [5, 5.41) is 3.14. The number of aldehydes is 1. The van der Waals surface area contributed by atoms with Gasteiger partial charge in [0.15, 0.2) is 0 Å². The summed E-state index contributed by atoms with van der Waals surface area (Å²) in [6, 6.07) is 4.23. The van der Waals surface area contributed by atoms with Crippen molar-refractivity contribution >= 4 is 6.29 Å². The van der Waals surface area contributed by atoms with Crippen LogP contribution in [0.2, 0.25) is 0 Å². The maximum absolute atomic E-state index is 10.4. The SMILES string of the molecule is COc1cc(C)cc(C)c1C(C)(C)CNCC=O. The van der Waals surface area contributed by atoms with E-state index in [1.165, 1.54) is 16.7 Å². The first-order chi connectivity index (χ1) is 8.42. The Balaban J connectivity index is 3.09. The fourth-order valence-corrected chi connectivity index (χ4v) is 2.49. The van der Waals surface area contributed by atoms with Gasteiger partial charge in [-0.3, -0.25) is 0 Å². The quantitative estimate of drug-likeness (QED) is 0.621. The Labute approximate surface area is 110 Å². The Bertz CT molecular complexity index is 425. The maximum atomic E-state index is 10.4. The molecule has 0 fully saturated rings. The molecule has 0 aliphatic rings. The van der Waals surface area contributed by atoms with E-state index < -0.39 is 0 Å². The van der Waals surface area contributed by atoms with E-state index >= 15 is 0 Å². The van der Waals surface area contributed by atoms with Crippen molar-refractivity contribution < 1.29 is 9.53 Å². The Morgan fingerprint density at radius 3 is 2.56 bits per heavy atom. The molecule has 1 aromatic rings. The van der Waals surface area contributed by atoms with Crippen LogP contribution >= 0.6 is 0 Å². The molecule has 0 saturated carbocycles. The van der Waals surface area contributed by atoms with Crippen LogP contribution in [0.5, 0.6) is 5.75 Å². The number of benzene rings is 1. The lowest BCUT2D eigenvalue weighted by atomic mass is 9.80. The van der Waals surface area contributed by atoms with Gasteiger partial charge < -0.3 is 14.8 Å². The number of rotatable bonds is 6. The van der Waals surface area contributed by atoms with Gasteiger partial charge in [-0.2, -0.15) is 0 Å². The number of aryl methyl sites for hydroxylation is 2. The molecule has 100 valence electrons. The minimum atomic E-state index is -0.0772. The van der Waals surface area contributed by atoms with E-state index in [1.807, 2.05) is 0 Å². The number of hydrogen-bond acceptors (Lipinski definition) is 3. The zero-order valence-electron chi connectivity index (χ0n) is 12.0. The second-order valence-corrected chi connectivity index (χ2v) is 5.34. The second-order valence-electron chi connectivity index (χ2n) is 5.34. The number of carbonyl (C=O) groups is 1. The van der Waals surface area contributed by atoms with Gasteiger partial charge in [0.05, 0.1) is 13.7 Å². The van der Waals surface area contributed by atoms with E-state index in [-0.39, 0.29) is 5.41 Å². The van der Waals surface area contributed by atoms with Crippen molar-refractivity contribution in [3.63, 3.8) is 0 Å². The summed E-state index contributed by atoms with van der Waals surface area (Å²) >= 11 is 0. The maximum Gasteiger partial charge on any atom is 0.133 e. The lowest BCUT2D eigenvalue weighted by Crippen LogP contribution is -2.34. The minimum Gasteiger partial charge on any atom is -0.496 e. The third-order valence-corrected chi connectivity index (χ3v) is 3.13. The molecule has 3 nitrogen and oxygen atoms in total. The van der Waals surface area contributed by atoms with Gasteiger partial charge in [-0.25, -0.2) is 0 Å². The predicted octanol–water partition coefficient (Wildman–Crippen LogP) is 2.38. The smallest absolute Gasteiger partial charge is 0.133 e. The molecular formula is C15H23NO2. The number of methoxy groups -OCH3 is 1. The molecule has 0 unspecified atom stereocenters. The van der Waals surface area contributed by atoms with Crippen LogP contribution in [0.25, 0.3) is 0 Å². The summed E-state index contributed by atoms with van der Waals surface area (Å²) in [5.41, 5.74) is 3.55. The largest absolute Gasteiger partial charge is 0.496 e. The summed E-state index contributed by atoms with van der Waals surface area (Å²) in [5.74, 6) is 0.922. The van der Waals surface area contributed by atoms with Crippen molar-refractivity contribution in [1.29, 1.82) is 0 Å². The zero-order chi connectivity index (χ0) is 13.8. The van der Waals surface area contributed by atoms with Gasteiger partial charge in [0, 0.05) is 17.5 Å². The number of ether oxygens (including phenoxy) is 1. The minimum absolute atomic E-state index is 0.0772. The van der Waals surface area contributed by atoms with Gasteiger partial charge in [-0.15, -0.1) is 0 Å². The van der Waals surface area contributed by atoms with Crippen LogP contribution in [-0.4, -0.2) is 26.5 Å². The van der Waals surface area contributed by atoms with Crippen LogP contribution in [-0.2, 0) is 10.2 Å². The van der Waals surface area contributed by atoms with Crippen molar-refractivity contribution in [3.05, 3.63) is 28.8 Å². The fraction of sp³-hybridized carbons (Fsp3) is 0.533. The van der Waals surface area contributed by atoms with Gasteiger partial charge in [-0.05, 0) is 31.0 Å². The summed E-state index contributed by atoms with van der Waals surface area (Å²) in [7, 11) is 1.70. The highest BCUT2D eigenvalue weighted by Gasteiger charge is 2.26. The highest BCUT2D eigenvalue weighted by Crippen LogP contribution is 2.35. The average molecular weight is 249 g/mol. The van der Waals surface area contributed by atoms with Gasteiger partial charge in [0.25, 0.3) is 0 Å². The Morgan fingerprint density at radius 2 is 2.00 bits per heavy atom. The molecule has 18 heavy (non-hydrogen) atoms. The lowest BCUT2D eigenvalue weighted by Gasteiger charge is -2.29. The van der Waals surface area contributed by atoms with Crippen LogP contribution in [0.15, 0.2) is 12.1 Å². The van der Waals surface area contributed by atoms with E-state index in [4.69, 9.17) is 4.74 Å². The summed E-state index contributed by atoms with van der Waals surface area (Å²) in [4.78, 5) is 10.4. The lowest BCUT2D eigenvalue weighted by molar-refractivity contribution is -0.107. The Hall–Kier alpha value is -1.35. The van der Waals surface area contributed by atoms with Gasteiger partial charge in [0.2, 0.25) is 0 Å². The highest BCUT2D eigenvalue weighted by molar-refractivity contribution is 5.52. The van der Waals surface area contributed by atoms with Crippen molar-refractivity contribution in [2.45, 2.75) is 33.1 Å². The molecule has 1 N–H and O–H groups in total. The van der Waals surface area contributed by atoms with Gasteiger partial charge in [0.1, 0.15) is 12.0 Å². The molecule has 1 aromatic carbocycles. The summed E-state index contributed by atoms with van der Waals surface area (Å²) < 4.78 is 5.50. The molecule has 0 saturated heterocycles. The standard InChI is InChI=1S/C15H23NO2/c1-11-8-12(2)14(13(9-11)18-5)15(3,4)10-16-6-7-17/h7-9,16H,6,10H2,1-5H3. The zero-order valence-corrected chi connectivity index (χ0v) is 12.0. The van der Waals surface area contributed by atoms with Crippen molar-refractivity contribution in [2.75, 3.05) is 20.2 Å². The Morgan fingerprint density at radius 1 is 1.33 bits per heavy atom. The topological polar surface area (TPSA) is 38.3 Å². The molecule has 3 heteroatoms. The van der Waals surface area contributed by atoms with E-state index in [0.717, 1.165) is 18.6 Å². The number of nitrogens with one attached hydrogen (secondary N) is 1. The summed E-state index contributed by atoms with van der Waals surface area (Å²) in [6.07, 6.45) is 0.884. The van der Waals surface area contributed by atoms with E-state index in [2.05, 4.69) is 45.1 Å². The number of hydrogen-bond donors (Lipinski definition) is 1. The molecule has 1 rings (SSSR count). The predicted molar refractivity (Wildman–Crippen MR) is 74.4 cm³/mol. The van der Waals surface area contributed by atoms with E-state index in [9.17, 15) is 4.79 Å². The molecule has 0 aromatic heterocycles. The van der Waals surface area contributed by atoms with Gasteiger partial charge in [-0.1, -0.05) is 19.9 Å². The second kappa shape index (κ2) is 6.01. The molecule has 0 radical (unpaired) electrons. The average Bonchev–Trinajstić information content (AvgIpc) is 2.27. The first kappa shape index (κ1) is 14.7. The molecule has 0 heterocycles. The molecule has 0 spiro atoms. The number of carbonyl (C=O) groups excluding carboxylic acids is 1. The monoisotopic (exact) mass is 249 g/mol. The van der Waals surface area contributed by atoms with Crippen molar-refractivity contribution in [2.24, 2.45) is 0 Å². The third kappa shape index (κ3) is 3.33. The van der Waals surface area contributed by atoms with Crippen LogP contribution in [0.3, 0.4) is 0 Å². The van der Waals surface area contributed by atoms with Crippen LogP contribution in [0.4, 0.5) is 0 Å². The molecule has 0 aliphatic heterocycles. The first-order valence-electron chi connectivity index (χ1n) is 6.22. The van der Waals surface area contributed by atoms with Crippen LogP contribution < -0.4 is 10.1 Å². The fourth-order valence-electron chi connectivity index (χ4n) is 2.49. The molecule has 0 amide bonds. The molecule has 0 aliphatic carbocycles. The third-order valence-electron chi connectivity index (χ3n) is 3.13. The van der Waals surface area contributed by atoms with E-state index in [1.54, 1.807) is 7.11 Å². The van der Waals surface area contributed by atoms with Crippen molar-refractivity contribution in [3.8, 4) is 5.75 Å². The highest BCUT2D eigenvalue weighted by atomic mass is 16.5. The Kier molecular flexibility index (Phi) is 4.91. The van der Waals surface area contributed by atoms with Crippen LogP contribution in [0.1, 0.15) is 30.5 Å². The molecular weight excluding hydrogens is 226 g/mol.